The number of aromatic nitrogens is 3. The minimum atomic E-state index is -0.489. The molecule has 1 aromatic heterocycles. The molecule has 0 bridgehead atoms. The van der Waals surface area contributed by atoms with E-state index in [1.807, 2.05) is 0 Å². The van der Waals surface area contributed by atoms with E-state index in [1.165, 1.54) is 16.8 Å². The second-order valence-electron chi connectivity index (χ2n) is 7.79. The van der Waals surface area contributed by atoms with Crippen molar-refractivity contribution >= 4 is 17.3 Å². The maximum atomic E-state index is 12.8. The molecule has 160 valence electrons. The smallest absolute Gasteiger partial charge is 0.345 e. The van der Waals surface area contributed by atoms with Gasteiger partial charge in [-0.3, -0.25) is 19.5 Å². The van der Waals surface area contributed by atoms with Crippen LogP contribution in [0.4, 0.5) is 11.4 Å². The van der Waals surface area contributed by atoms with Gasteiger partial charge < -0.3 is 10.2 Å². The summed E-state index contributed by atoms with van der Waals surface area (Å²) in [5, 5.41) is 18.4. The Morgan fingerprint density at radius 2 is 1.93 bits per heavy atom. The summed E-state index contributed by atoms with van der Waals surface area (Å²) < 4.78 is 3.20. The number of nitrogens with zero attached hydrogens (tertiary/aromatic N) is 5. The lowest BCUT2D eigenvalue weighted by atomic mass is 10.1. The van der Waals surface area contributed by atoms with Gasteiger partial charge in [0.15, 0.2) is 0 Å². The van der Waals surface area contributed by atoms with Crippen LogP contribution >= 0.6 is 0 Å². The summed E-state index contributed by atoms with van der Waals surface area (Å²) in [7, 11) is 0. The number of non-ortho nitro benzene ring substituents is 1. The average molecular weight is 414 g/mol. The average Bonchev–Trinajstić information content (AvgIpc) is 3.39. The molecule has 30 heavy (non-hydrogen) atoms. The standard InChI is InChI=1S/C20H26N6O4/c27-19(16-14-15(26(29)30)7-8-17(16)23-10-3-4-11-23)21-9-5-13-25-20(28)24-12-2-1-6-18(24)22-25/h7-8,14H,1-6,9-13H2,(H,21,27). The van der Waals surface area contributed by atoms with Crippen LogP contribution in [-0.4, -0.2) is 44.8 Å². The van der Waals surface area contributed by atoms with Gasteiger partial charge in [-0.25, -0.2) is 9.48 Å². The summed E-state index contributed by atoms with van der Waals surface area (Å²) in [5.74, 6) is 0.499. The molecule has 2 aromatic rings. The Morgan fingerprint density at radius 1 is 1.17 bits per heavy atom. The molecule has 0 radical (unpaired) electrons. The zero-order valence-electron chi connectivity index (χ0n) is 16.9. The summed E-state index contributed by atoms with van der Waals surface area (Å²) in [5.41, 5.74) is 0.860. The first-order valence-corrected chi connectivity index (χ1v) is 10.5. The number of benzene rings is 1. The number of aryl methyl sites for hydroxylation is 2. The highest BCUT2D eigenvalue weighted by Gasteiger charge is 2.22. The third-order valence-corrected chi connectivity index (χ3v) is 5.75. The van der Waals surface area contributed by atoms with Gasteiger partial charge in [0.2, 0.25) is 0 Å². The Kier molecular flexibility index (Phi) is 5.82. The first-order chi connectivity index (χ1) is 14.5. The number of carbonyl (C=O) groups excluding carboxylic acids is 1. The lowest BCUT2D eigenvalue weighted by Crippen LogP contribution is -2.30. The van der Waals surface area contributed by atoms with Crippen LogP contribution in [0.3, 0.4) is 0 Å². The van der Waals surface area contributed by atoms with Gasteiger partial charge in [0.1, 0.15) is 5.82 Å². The summed E-state index contributed by atoms with van der Waals surface area (Å²) >= 11 is 0. The normalized spacial score (nSPS) is 15.8. The van der Waals surface area contributed by atoms with E-state index in [-0.39, 0.29) is 17.3 Å². The Hall–Kier alpha value is -3.17. The van der Waals surface area contributed by atoms with E-state index < -0.39 is 4.92 Å². The zero-order chi connectivity index (χ0) is 21.1. The Balaban J connectivity index is 1.40. The highest BCUT2D eigenvalue weighted by atomic mass is 16.6. The fourth-order valence-corrected chi connectivity index (χ4v) is 4.17. The van der Waals surface area contributed by atoms with Crippen LogP contribution in [0.25, 0.3) is 0 Å². The van der Waals surface area contributed by atoms with Crippen molar-refractivity contribution in [3.8, 4) is 0 Å². The van der Waals surface area contributed by atoms with E-state index in [9.17, 15) is 19.7 Å². The third-order valence-electron chi connectivity index (χ3n) is 5.75. The van der Waals surface area contributed by atoms with Gasteiger partial charge in [0.05, 0.1) is 16.2 Å². The summed E-state index contributed by atoms with van der Waals surface area (Å²) in [6.45, 7) is 3.18. The summed E-state index contributed by atoms with van der Waals surface area (Å²) in [4.78, 5) is 37.9. The minimum Gasteiger partial charge on any atom is -0.371 e. The molecular weight excluding hydrogens is 388 g/mol. The molecule has 10 heteroatoms. The van der Waals surface area contributed by atoms with Crippen molar-refractivity contribution in [2.75, 3.05) is 24.5 Å². The fraction of sp³-hybridized carbons (Fsp3) is 0.550. The highest BCUT2D eigenvalue weighted by Crippen LogP contribution is 2.28. The number of amides is 1. The van der Waals surface area contributed by atoms with Crippen LogP contribution < -0.4 is 15.9 Å². The Morgan fingerprint density at radius 3 is 2.67 bits per heavy atom. The van der Waals surface area contributed by atoms with Gasteiger partial charge in [0, 0.05) is 51.3 Å². The van der Waals surface area contributed by atoms with E-state index in [1.54, 1.807) is 10.6 Å². The van der Waals surface area contributed by atoms with Gasteiger partial charge in [-0.1, -0.05) is 0 Å². The number of nitro benzene ring substituents is 1. The largest absolute Gasteiger partial charge is 0.371 e. The number of anilines is 1. The van der Waals surface area contributed by atoms with Gasteiger partial charge >= 0.3 is 5.69 Å². The second-order valence-corrected chi connectivity index (χ2v) is 7.79. The highest BCUT2D eigenvalue weighted by molar-refractivity contribution is 6.00. The molecule has 1 N–H and O–H groups in total. The quantitative estimate of drug-likeness (QED) is 0.419. The van der Waals surface area contributed by atoms with Crippen LogP contribution in [0.2, 0.25) is 0 Å². The predicted molar refractivity (Wildman–Crippen MR) is 111 cm³/mol. The van der Waals surface area contributed by atoms with Crippen LogP contribution in [0.5, 0.6) is 0 Å². The molecule has 10 nitrogen and oxygen atoms in total. The minimum absolute atomic E-state index is 0.0916. The number of hydrogen-bond acceptors (Lipinski definition) is 6. The lowest BCUT2D eigenvalue weighted by Gasteiger charge is -2.20. The van der Waals surface area contributed by atoms with E-state index >= 15 is 0 Å². The maximum Gasteiger partial charge on any atom is 0.345 e. The monoisotopic (exact) mass is 414 g/mol. The van der Waals surface area contributed by atoms with Crippen LogP contribution in [0.15, 0.2) is 23.0 Å². The van der Waals surface area contributed by atoms with Crippen LogP contribution in [-0.2, 0) is 19.5 Å². The Labute approximate surface area is 173 Å². The zero-order valence-corrected chi connectivity index (χ0v) is 16.9. The van der Waals surface area contributed by atoms with Crippen LogP contribution in [0.1, 0.15) is 48.3 Å². The number of nitrogens with one attached hydrogen (secondary N) is 1. The number of rotatable bonds is 7. The third kappa shape index (κ3) is 4.07. The van der Waals surface area contributed by atoms with Gasteiger partial charge in [-0.05, 0) is 38.2 Å². The molecule has 0 atom stereocenters. The first kappa shape index (κ1) is 20.1. The summed E-state index contributed by atoms with van der Waals surface area (Å²) in [6.07, 6.45) is 5.51. The topological polar surface area (TPSA) is 115 Å². The molecule has 1 fully saturated rings. The molecule has 2 aliphatic heterocycles. The number of hydrogen-bond donors (Lipinski definition) is 1. The predicted octanol–water partition coefficient (Wildman–Crippen LogP) is 1.71. The molecule has 3 heterocycles. The molecule has 1 aromatic carbocycles. The van der Waals surface area contributed by atoms with E-state index in [0.717, 1.165) is 63.3 Å². The molecule has 1 saturated heterocycles. The van der Waals surface area contributed by atoms with Crippen molar-refractivity contribution in [3.05, 3.63) is 50.2 Å². The SMILES string of the molecule is O=C(NCCCn1nc2n(c1=O)CCCC2)c1cc([N+](=O)[O-])ccc1N1CCCC1. The molecule has 0 spiro atoms. The first-order valence-electron chi connectivity index (χ1n) is 10.5. The molecule has 0 aliphatic carbocycles. The van der Waals surface area contributed by atoms with Crippen molar-refractivity contribution in [1.82, 2.24) is 19.7 Å². The van der Waals surface area contributed by atoms with Gasteiger partial charge in [-0.2, -0.15) is 5.10 Å². The molecule has 0 saturated carbocycles. The van der Waals surface area contributed by atoms with E-state index in [0.29, 0.717) is 25.1 Å². The lowest BCUT2D eigenvalue weighted by molar-refractivity contribution is -0.384. The summed E-state index contributed by atoms with van der Waals surface area (Å²) in [6, 6.07) is 4.45. The van der Waals surface area contributed by atoms with Crippen LogP contribution in [0, 0.1) is 10.1 Å². The number of nitro groups is 1. The van der Waals surface area contributed by atoms with Crippen molar-refractivity contribution < 1.29 is 9.72 Å². The van der Waals surface area contributed by atoms with Gasteiger partial charge in [0.25, 0.3) is 11.6 Å². The maximum absolute atomic E-state index is 12.8. The van der Waals surface area contributed by atoms with Crippen molar-refractivity contribution in [3.63, 3.8) is 0 Å². The van der Waals surface area contributed by atoms with E-state index in [4.69, 9.17) is 0 Å². The van der Waals surface area contributed by atoms with Crippen molar-refractivity contribution in [1.29, 1.82) is 0 Å². The number of carbonyl (C=O) groups is 1. The Bertz CT molecular complexity index is 1010. The molecule has 4 rings (SSSR count). The molecule has 2 aliphatic rings. The van der Waals surface area contributed by atoms with Gasteiger partial charge in [-0.15, -0.1) is 0 Å². The van der Waals surface area contributed by atoms with Crippen molar-refractivity contribution in [2.24, 2.45) is 0 Å². The number of fused-ring (bicyclic) bond motifs is 1. The molecule has 1 amide bonds. The molecule has 0 unspecified atom stereocenters. The fourth-order valence-electron chi connectivity index (χ4n) is 4.17. The van der Waals surface area contributed by atoms with Crippen molar-refractivity contribution in [2.45, 2.75) is 51.6 Å². The molecular formula is C20H26N6O4. The van der Waals surface area contributed by atoms with E-state index in [2.05, 4.69) is 15.3 Å². The second kappa shape index (κ2) is 8.68.